The SMILES string of the molecule is COc1ccc(Cl)cc1C[S@@](=O)Cc1nsc(N(C)C)n1. The Morgan fingerprint density at radius 2 is 2.14 bits per heavy atom. The summed E-state index contributed by atoms with van der Waals surface area (Å²) in [5.74, 6) is 1.97. The lowest BCUT2D eigenvalue weighted by Gasteiger charge is -2.08. The standard InChI is InChI=1S/C13H16ClN3O2S2/c1-17(2)13-15-12(16-20-13)8-21(18)7-9-6-10(14)4-5-11(9)19-3/h4-6H,7-8H2,1-3H3/t21-/m1/s1. The molecule has 0 aliphatic heterocycles. The van der Waals surface area contributed by atoms with E-state index in [1.807, 2.05) is 19.0 Å². The third-order valence-corrected chi connectivity index (χ3v) is 5.06. The summed E-state index contributed by atoms with van der Waals surface area (Å²) in [6, 6.07) is 5.30. The van der Waals surface area contributed by atoms with Crippen molar-refractivity contribution in [2.45, 2.75) is 11.5 Å². The zero-order chi connectivity index (χ0) is 15.4. The molecule has 5 nitrogen and oxygen atoms in total. The van der Waals surface area contributed by atoms with Crippen LogP contribution in [0.25, 0.3) is 0 Å². The Kier molecular flexibility index (Phi) is 5.55. The van der Waals surface area contributed by atoms with E-state index < -0.39 is 10.8 Å². The Morgan fingerprint density at radius 1 is 1.38 bits per heavy atom. The molecule has 0 fully saturated rings. The summed E-state index contributed by atoms with van der Waals surface area (Å²) >= 11 is 7.27. The topological polar surface area (TPSA) is 55.3 Å². The van der Waals surface area contributed by atoms with Crippen LogP contribution in [0, 0.1) is 0 Å². The number of methoxy groups -OCH3 is 1. The highest BCUT2D eigenvalue weighted by molar-refractivity contribution is 7.83. The predicted molar refractivity (Wildman–Crippen MR) is 87.8 cm³/mol. The number of anilines is 1. The van der Waals surface area contributed by atoms with Gasteiger partial charge in [0.2, 0.25) is 5.13 Å². The van der Waals surface area contributed by atoms with E-state index in [9.17, 15) is 4.21 Å². The molecule has 0 aliphatic rings. The summed E-state index contributed by atoms with van der Waals surface area (Å²) in [6.07, 6.45) is 0. The molecule has 0 amide bonds. The second-order valence-electron chi connectivity index (χ2n) is 4.57. The molecule has 0 saturated heterocycles. The molecule has 1 aromatic heterocycles. The number of halogens is 1. The molecule has 0 aliphatic carbocycles. The van der Waals surface area contributed by atoms with Crippen LogP contribution in [0.1, 0.15) is 11.4 Å². The summed E-state index contributed by atoms with van der Waals surface area (Å²) in [5, 5.41) is 1.41. The fourth-order valence-electron chi connectivity index (χ4n) is 1.71. The van der Waals surface area contributed by atoms with Gasteiger partial charge in [-0.1, -0.05) is 11.6 Å². The highest BCUT2D eigenvalue weighted by atomic mass is 35.5. The monoisotopic (exact) mass is 345 g/mol. The molecule has 0 saturated carbocycles. The quantitative estimate of drug-likeness (QED) is 0.805. The van der Waals surface area contributed by atoms with Gasteiger partial charge in [0.05, 0.1) is 18.6 Å². The number of nitrogens with zero attached hydrogens (tertiary/aromatic N) is 3. The van der Waals surface area contributed by atoms with Crippen LogP contribution >= 0.6 is 23.1 Å². The Labute approximate surface area is 135 Å². The third-order valence-electron chi connectivity index (χ3n) is 2.69. The Bertz CT molecular complexity index is 646. The van der Waals surface area contributed by atoms with Crippen LogP contribution in [-0.4, -0.2) is 34.8 Å². The fraction of sp³-hybridized carbons (Fsp3) is 0.385. The molecule has 1 atom stereocenters. The average Bonchev–Trinajstić information content (AvgIpc) is 2.87. The van der Waals surface area contributed by atoms with Gasteiger partial charge in [0, 0.05) is 47.0 Å². The molecular formula is C13H16ClN3O2S2. The molecule has 2 rings (SSSR count). The molecule has 2 aromatic rings. The van der Waals surface area contributed by atoms with Gasteiger partial charge in [-0.15, -0.1) is 0 Å². The van der Waals surface area contributed by atoms with Gasteiger partial charge in [-0.3, -0.25) is 4.21 Å². The smallest absolute Gasteiger partial charge is 0.204 e. The van der Waals surface area contributed by atoms with Gasteiger partial charge in [0.25, 0.3) is 0 Å². The number of benzene rings is 1. The number of ether oxygens (including phenoxy) is 1. The molecule has 114 valence electrons. The highest BCUT2D eigenvalue weighted by Gasteiger charge is 2.12. The molecule has 0 unspecified atom stereocenters. The first-order valence-electron chi connectivity index (χ1n) is 6.17. The van der Waals surface area contributed by atoms with Gasteiger partial charge in [-0.05, 0) is 18.2 Å². The van der Waals surface area contributed by atoms with E-state index in [2.05, 4.69) is 9.36 Å². The van der Waals surface area contributed by atoms with Gasteiger partial charge in [0.1, 0.15) is 5.75 Å². The molecule has 1 heterocycles. The summed E-state index contributed by atoms with van der Waals surface area (Å²) < 4.78 is 21.7. The Hall–Kier alpha value is -1.18. The van der Waals surface area contributed by atoms with E-state index in [4.69, 9.17) is 16.3 Å². The van der Waals surface area contributed by atoms with E-state index >= 15 is 0 Å². The zero-order valence-corrected chi connectivity index (χ0v) is 14.4. The van der Waals surface area contributed by atoms with Crippen LogP contribution in [0.4, 0.5) is 5.13 Å². The first kappa shape index (κ1) is 16.2. The Morgan fingerprint density at radius 3 is 2.76 bits per heavy atom. The summed E-state index contributed by atoms with van der Waals surface area (Å²) in [4.78, 5) is 6.21. The average molecular weight is 346 g/mol. The maximum atomic E-state index is 12.3. The van der Waals surface area contributed by atoms with Gasteiger partial charge in [-0.25, -0.2) is 4.98 Å². The van der Waals surface area contributed by atoms with Crippen molar-refractivity contribution in [2.24, 2.45) is 0 Å². The van der Waals surface area contributed by atoms with Crippen molar-refractivity contribution >= 4 is 39.1 Å². The molecule has 8 heteroatoms. The molecule has 1 aromatic carbocycles. The Balaban J connectivity index is 2.06. The molecule has 0 radical (unpaired) electrons. The minimum Gasteiger partial charge on any atom is -0.496 e. The third kappa shape index (κ3) is 4.39. The first-order valence-corrected chi connectivity index (χ1v) is 8.81. The fourth-order valence-corrected chi connectivity index (χ4v) is 3.68. The zero-order valence-electron chi connectivity index (χ0n) is 12.0. The van der Waals surface area contributed by atoms with Crippen LogP contribution in [0.3, 0.4) is 0 Å². The maximum absolute atomic E-state index is 12.3. The molecule has 0 N–H and O–H groups in total. The van der Waals surface area contributed by atoms with E-state index in [1.54, 1.807) is 25.3 Å². The number of aromatic nitrogens is 2. The first-order chi connectivity index (χ1) is 9.99. The summed E-state index contributed by atoms with van der Waals surface area (Å²) in [7, 11) is 4.27. The van der Waals surface area contributed by atoms with E-state index in [0.717, 1.165) is 10.7 Å². The summed E-state index contributed by atoms with van der Waals surface area (Å²) in [6.45, 7) is 0. The number of hydrogen-bond acceptors (Lipinski definition) is 6. The van der Waals surface area contributed by atoms with Crippen molar-refractivity contribution in [1.29, 1.82) is 0 Å². The van der Waals surface area contributed by atoms with Gasteiger partial charge >= 0.3 is 0 Å². The van der Waals surface area contributed by atoms with Crippen molar-refractivity contribution in [3.63, 3.8) is 0 Å². The van der Waals surface area contributed by atoms with Crippen LogP contribution < -0.4 is 9.64 Å². The van der Waals surface area contributed by atoms with Crippen LogP contribution in [0.5, 0.6) is 5.75 Å². The lowest BCUT2D eigenvalue weighted by Crippen LogP contribution is -2.08. The van der Waals surface area contributed by atoms with Crippen LogP contribution in [0.15, 0.2) is 18.2 Å². The van der Waals surface area contributed by atoms with Crippen molar-refractivity contribution in [3.05, 3.63) is 34.6 Å². The normalized spacial score (nSPS) is 12.2. The number of rotatable bonds is 6. The predicted octanol–water partition coefficient (Wildman–Crippen LogP) is 2.72. The van der Waals surface area contributed by atoms with E-state index in [0.29, 0.717) is 28.1 Å². The number of hydrogen-bond donors (Lipinski definition) is 0. The van der Waals surface area contributed by atoms with Crippen molar-refractivity contribution < 1.29 is 8.95 Å². The van der Waals surface area contributed by atoms with Gasteiger partial charge in [-0.2, -0.15) is 4.37 Å². The largest absolute Gasteiger partial charge is 0.496 e. The second kappa shape index (κ2) is 7.20. The lowest BCUT2D eigenvalue weighted by atomic mass is 10.2. The van der Waals surface area contributed by atoms with Crippen LogP contribution in [-0.2, 0) is 22.3 Å². The minimum atomic E-state index is -1.12. The summed E-state index contributed by atoms with van der Waals surface area (Å²) in [5.41, 5.74) is 0.825. The van der Waals surface area contributed by atoms with Crippen LogP contribution in [0.2, 0.25) is 5.02 Å². The minimum absolute atomic E-state index is 0.319. The molecule has 0 bridgehead atoms. The van der Waals surface area contributed by atoms with Gasteiger partial charge < -0.3 is 9.64 Å². The second-order valence-corrected chi connectivity index (χ2v) is 7.20. The van der Waals surface area contributed by atoms with E-state index in [-0.39, 0.29) is 0 Å². The maximum Gasteiger partial charge on any atom is 0.204 e. The van der Waals surface area contributed by atoms with Crippen molar-refractivity contribution in [2.75, 3.05) is 26.1 Å². The highest BCUT2D eigenvalue weighted by Crippen LogP contribution is 2.24. The molecule has 21 heavy (non-hydrogen) atoms. The molecular weight excluding hydrogens is 330 g/mol. The van der Waals surface area contributed by atoms with Gasteiger partial charge in [0.15, 0.2) is 5.82 Å². The lowest BCUT2D eigenvalue weighted by molar-refractivity contribution is 0.411. The van der Waals surface area contributed by atoms with Crippen molar-refractivity contribution in [3.8, 4) is 5.75 Å². The van der Waals surface area contributed by atoms with E-state index in [1.165, 1.54) is 11.5 Å². The molecule has 0 spiro atoms. The van der Waals surface area contributed by atoms with Crippen molar-refractivity contribution in [1.82, 2.24) is 9.36 Å².